The summed E-state index contributed by atoms with van der Waals surface area (Å²) in [5, 5.41) is 2.43. The van der Waals surface area contributed by atoms with E-state index in [0.717, 1.165) is 37.4 Å². The van der Waals surface area contributed by atoms with Crippen LogP contribution < -0.4 is 9.62 Å². The molecule has 0 aromatic heterocycles. The summed E-state index contributed by atoms with van der Waals surface area (Å²) in [6, 6.07) is 7.96. The number of aryl methyl sites for hydroxylation is 1. The third-order valence-corrected chi connectivity index (χ3v) is 10.8. The molecule has 0 spiro atoms. The monoisotopic (exact) mass is 732 g/mol. The Labute approximate surface area is 283 Å². The number of hydrogen-bond donors (Lipinski definition) is 1. The number of methoxy groups -OCH3 is 1. The molecule has 3 aromatic carbocycles. The predicted octanol–water partition coefficient (Wildman–Crippen LogP) is 6.13. The van der Waals surface area contributed by atoms with Gasteiger partial charge >= 0.3 is 12.1 Å². The highest BCUT2D eigenvalue weighted by atomic mass is 35.5. The molecule has 1 N–H and O–H groups in total. The predicted molar refractivity (Wildman–Crippen MR) is 174 cm³/mol. The van der Waals surface area contributed by atoms with Crippen molar-refractivity contribution in [1.82, 2.24) is 5.32 Å². The number of amides is 1. The zero-order valence-corrected chi connectivity index (χ0v) is 29.2. The molecule has 3 aromatic rings. The summed E-state index contributed by atoms with van der Waals surface area (Å²) in [5.74, 6) is -5.03. The lowest BCUT2D eigenvalue weighted by atomic mass is 9.97. The minimum absolute atomic E-state index is 0.0977. The number of benzene rings is 3. The SMILES string of the molecule is COC(=O)[C@H](CS(=O)(=O)CCCc1cc(F)ccc1[C@@H](C)N(c1cc(F)ccc1F)S(=O)(=O)c1ccc(Cl)cc1)NC(=O)OC(C)(C)C. The van der Waals surface area contributed by atoms with Crippen molar-refractivity contribution in [3.05, 3.63) is 94.3 Å². The first-order valence-corrected chi connectivity index (χ1v) is 18.2. The van der Waals surface area contributed by atoms with Gasteiger partial charge in [-0.05, 0) is 100 Å². The van der Waals surface area contributed by atoms with E-state index in [1.807, 2.05) is 0 Å². The van der Waals surface area contributed by atoms with Crippen LogP contribution in [0.5, 0.6) is 0 Å². The van der Waals surface area contributed by atoms with E-state index in [1.165, 1.54) is 37.3 Å². The van der Waals surface area contributed by atoms with E-state index in [-0.39, 0.29) is 33.9 Å². The number of nitrogens with zero attached hydrogens (tertiary/aromatic N) is 1. The molecular weight excluding hydrogens is 697 g/mol. The zero-order chi connectivity index (χ0) is 36.0. The van der Waals surface area contributed by atoms with Gasteiger partial charge in [0.05, 0.1) is 35.2 Å². The quantitative estimate of drug-likeness (QED) is 0.208. The standard InChI is InChI=1S/C32H36ClF3N2O8S2/c1-20(38(29-18-24(35)11-15-27(29)36)48(43,44)25-12-8-22(33)9-13-25)26-14-10-23(34)17-21(26)7-6-16-47(41,42)19-28(30(39)45-5)37-31(40)46-32(2,3)4/h8-15,17-18,20,28H,6-7,16,19H2,1-5H3,(H,37,40)/t20-,28+/m1/s1. The Balaban J connectivity index is 1.92. The molecule has 1 amide bonds. The van der Waals surface area contributed by atoms with Crippen LogP contribution in [0.1, 0.15) is 51.3 Å². The van der Waals surface area contributed by atoms with E-state index in [4.69, 9.17) is 16.3 Å². The summed E-state index contributed by atoms with van der Waals surface area (Å²) in [6.45, 7) is 6.14. The van der Waals surface area contributed by atoms with Crippen LogP contribution in [0.25, 0.3) is 0 Å². The van der Waals surface area contributed by atoms with Crippen LogP contribution >= 0.6 is 11.6 Å². The molecule has 48 heavy (non-hydrogen) atoms. The van der Waals surface area contributed by atoms with E-state index in [9.17, 15) is 35.2 Å². The Kier molecular flexibility index (Phi) is 12.6. The zero-order valence-electron chi connectivity index (χ0n) is 26.8. The molecule has 0 fully saturated rings. The minimum atomic E-state index is -4.58. The van der Waals surface area contributed by atoms with E-state index in [2.05, 4.69) is 10.1 Å². The summed E-state index contributed by atoms with van der Waals surface area (Å²) < 4.78 is 108. The molecule has 0 bridgehead atoms. The normalized spacial score (nSPS) is 13.4. The number of carbonyl (C=O) groups is 2. The van der Waals surface area contributed by atoms with Crippen LogP contribution in [0, 0.1) is 17.5 Å². The number of ether oxygens (including phenoxy) is 2. The molecule has 0 aliphatic rings. The van der Waals surface area contributed by atoms with Gasteiger partial charge in [-0.25, -0.2) is 39.6 Å². The topological polar surface area (TPSA) is 136 Å². The first-order valence-electron chi connectivity index (χ1n) is 14.5. The van der Waals surface area contributed by atoms with Gasteiger partial charge in [-0.15, -0.1) is 0 Å². The first-order chi connectivity index (χ1) is 22.2. The van der Waals surface area contributed by atoms with Crippen molar-refractivity contribution in [2.24, 2.45) is 0 Å². The number of rotatable bonds is 13. The van der Waals surface area contributed by atoms with Gasteiger partial charge in [0.25, 0.3) is 10.0 Å². The van der Waals surface area contributed by atoms with Crippen molar-refractivity contribution in [2.45, 2.75) is 63.1 Å². The second-order valence-corrected chi connectivity index (χ2v) is 16.3. The number of carbonyl (C=O) groups excluding carboxylic acids is 2. The molecule has 0 aliphatic heterocycles. The third kappa shape index (κ3) is 10.3. The van der Waals surface area contributed by atoms with Gasteiger partial charge in [0.15, 0.2) is 9.84 Å². The van der Waals surface area contributed by atoms with Gasteiger partial charge < -0.3 is 14.8 Å². The Morgan fingerprint density at radius 3 is 2.15 bits per heavy atom. The maximum Gasteiger partial charge on any atom is 0.408 e. The maximum absolute atomic E-state index is 15.2. The summed E-state index contributed by atoms with van der Waals surface area (Å²) in [4.78, 5) is 24.2. The summed E-state index contributed by atoms with van der Waals surface area (Å²) >= 11 is 5.93. The van der Waals surface area contributed by atoms with Crippen molar-refractivity contribution in [1.29, 1.82) is 0 Å². The molecule has 2 atom stereocenters. The van der Waals surface area contributed by atoms with Crippen molar-refractivity contribution in [3.8, 4) is 0 Å². The lowest BCUT2D eigenvalue weighted by molar-refractivity contribution is -0.142. The van der Waals surface area contributed by atoms with Crippen LogP contribution in [0.2, 0.25) is 5.02 Å². The average Bonchev–Trinajstić information content (AvgIpc) is 2.97. The van der Waals surface area contributed by atoms with Crippen molar-refractivity contribution >= 4 is 49.2 Å². The van der Waals surface area contributed by atoms with Gasteiger partial charge in [0, 0.05) is 11.1 Å². The number of sulfonamides is 1. The van der Waals surface area contributed by atoms with Crippen LogP contribution in [0.3, 0.4) is 0 Å². The highest BCUT2D eigenvalue weighted by Gasteiger charge is 2.34. The largest absolute Gasteiger partial charge is 0.467 e. The van der Waals surface area contributed by atoms with Crippen molar-refractivity contribution < 1.29 is 49.1 Å². The number of hydrogen-bond acceptors (Lipinski definition) is 8. The molecule has 0 saturated carbocycles. The van der Waals surface area contributed by atoms with E-state index in [1.54, 1.807) is 20.8 Å². The smallest absolute Gasteiger partial charge is 0.408 e. The Morgan fingerprint density at radius 2 is 1.54 bits per heavy atom. The van der Waals surface area contributed by atoms with Crippen molar-refractivity contribution in [2.75, 3.05) is 22.9 Å². The molecular formula is C32H36ClF3N2O8S2. The number of alkyl carbamates (subject to hydrolysis) is 1. The highest BCUT2D eigenvalue weighted by Crippen LogP contribution is 2.37. The third-order valence-electron chi connectivity index (χ3n) is 6.92. The average molecular weight is 733 g/mol. The van der Waals surface area contributed by atoms with Gasteiger partial charge in [0.1, 0.15) is 29.1 Å². The van der Waals surface area contributed by atoms with E-state index in [0.29, 0.717) is 4.31 Å². The molecule has 10 nitrogen and oxygen atoms in total. The van der Waals surface area contributed by atoms with Gasteiger partial charge in [-0.1, -0.05) is 17.7 Å². The second kappa shape index (κ2) is 15.6. The maximum atomic E-state index is 15.2. The molecule has 0 unspecified atom stereocenters. The number of nitrogens with one attached hydrogen (secondary N) is 1. The van der Waals surface area contributed by atoms with E-state index >= 15 is 4.39 Å². The molecule has 0 aliphatic carbocycles. The fourth-order valence-corrected chi connectivity index (χ4v) is 8.07. The Morgan fingerprint density at radius 1 is 0.938 bits per heavy atom. The molecule has 262 valence electrons. The summed E-state index contributed by atoms with van der Waals surface area (Å²) in [7, 11) is -7.60. The highest BCUT2D eigenvalue weighted by molar-refractivity contribution is 7.93. The second-order valence-electron chi connectivity index (χ2n) is 11.8. The Bertz CT molecular complexity index is 1850. The van der Waals surface area contributed by atoms with Crippen molar-refractivity contribution in [3.63, 3.8) is 0 Å². The van der Waals surface area contributed by atoms with Gasteiger partial charge in [0.2, 0.25) is 0 Å². The van der Waals surface area contributed by atoms with Gasteiger partial charge in [-0.2, -0.15) is 0 Å². The van der Waals surface area contributed by atoms with Gasteiger partial charge in [-0.3, -0.25) is 4.31 Å². The van der Waals surface area contributed by atoms with Crippen LogP contribution in [-0.2, 0) is 40.5 Å². The number of anilines is 1. The fourth-order valence-electron chi connectivity index (χ4n) is 4.83. The molecule has 16 heteroatoms. The lowest BCUT2D eigenvalue weighted by Gasteiger charge is -2.32. The van der Waals surface area contributed by atoms with Crippen LogP contribution in [0.15, 0.2) is 65.6 Å². The number of sulfone groups is 1. The molecule has 3 rings (SSSR count). The molecule has 0 heterocycles. The minimum Gasteiger partial charge on any atom is -0.467 e. The van der Waals surface area contributed by atoms with E-state index < -0.39 is 84.3 Å². The first kappa shape index (κ1) is 38.6. The lowest BCUT2D eigenvalue weighted by Crippen LogP contribution is -2.48. The number of halogens is 4. The molecule has 0 saturated heterocycles. The summed E-state index contributed by atoms with van der Waals surface area (Å²) in [6.07, 6.45) is -1.25. The number of esters is 1. The Hall–Kier alpha value is -3.82. The van der Waals surface area contributed by atoms with Crippen LogP contribution in [-0.4, -0.2) is 59.2 Å². The fraction of sp³-hybridized carbons (Fsp3) is 0.375. The molecule has 0 radical (unpaired) electrons. The van der Waals surface area contributed by atoms with Crippen LogP contribution in [0.4, 0.5) is 23.7 Å². The summed E-state index contributed by atoms with van der Waals surface area (Å²) in [5.41, 5.74) is -1.15.